The van der Waals surface area contributed by atoms with E-state index in [4.69, 9.17) is 0 Å². The summed E-state index contributed by atoms with van der Waals surface area (Å²) in [5.74, 6) is 2.32. The largest absolute Gasteiger partial charge is 0.340 e. The zero-order chi connectivity index (χ0) is 11.7. The van der Waals surface area contributed by atoms with Gasteiger partial charge in [-0.3, -0.25) is 4.79 Å². The number of amides is 1. The fourth-order valence-corrected chi connectivity index (χ4v) is 4.65. The molecule has 0 aromatic rings. The smallest absolute Gasteiger partial charge is 0.235 e. The Hall–Kier alpha value is -0.220. The van der Waals surface area contributed by atoms with Gasteiger partial charge in [0, 0.05) is 19.1 Å². The number of nitrogens with one attached hydrogen (secondary N) is 1. The summed E-state index contributed by atoms with van der Waals surface area (Å²) >= 11 is 1.88. The second kappa shape index (κ2) is 5.19. The van der Waals surface area contributed by atoms with Gasteiger partial charge < -0.3 is 10.2 Å². The first-order valence-electron chi connectivity index (χ1n) is 6.98. The number of hydrogen-bond donors (Lipinski definition) is 1. The lowest BCUT2D eigenvalue weighted by Crippen LogP contribution is -2.42. The maximum Gasteiger partial charge on any atom is 0.235 e. The van der Waals surface area contributed by atoms with Crippen LogP contribution in [-0.4, -0.2) is 47.5 Å². The highest BCUT2D eigenvalue weighted by molar-refractivity contribution is 8.00. The molecule has 3 fully saturated rings. The normalized spacial score (nSPS) is 37.9. The van der Waals surface area contributed by atoms with E-state index in [2.05, 4.69) is 10.2 Å². The number of hydrogen-bond acceptors (Lipinski definition) is 3. The van der Waals surface area contributed by atoms with Crippen molar-refractivity contribution in [2.75, 3.05) is 25.4 Å². The number of rotatable bonds is 1. The van der Waals surface area contributed by atoms with Crippen LogP contribution in [0.4, 0.5) is 0 Å². The van der Waals surface area contributed by atoms with Gasteiger partial charge in [0.15, 0.2) is 0 Å². The minimum Gasteiger partial charge on any atom is -0.340 e. The van der Waals surface area contributed by atoms with Gasteiger partial charge in [-0.25, -0.2) is 0 Å². The minimum atomic E-state index is 0.268. The molecule has 0 radical (unpaired) electrons. The molecule has 0 aromatic carbocycles. The Kier molecular flexibility index (Phi) is 3.61. The van der Waals surface area contributed by atoms with Gasteiger partial charge in [0.2, 0.25) is 5.91 Å². The zero-order valence-corrected chi connectivity index (χ0v) is 11.2. The van der Waals surface area contributed by atoms with Gasteiger partial charge in [-0.1, -0.05) is 6.42 Å². The number of likely N-dealkylation sites (tertiary alicyclic amines) is 1. The molecule has 3 unspecified atom stereocenters. The molecule has 3 aliphatic heterocycles. The molecule has 17 heavy (non-hydrogen) atoms. The summed E-state index contributed by atoms with van der Waals surface area (Å²) in [5.41, 5.74) is 0. The first-order valence-corrected chi connectivity index (χ1v) is 8.03. The van der Waals surface area contributed by atoms with Crippen LogP contribution in [0, 0.1) is 5.92 Å². The molecule has 3 heterocycles. The van der Waals surface area contributed by atoms with Crippen molar-refractivity contribution in [2.45, 2.75) is 43.4 Å². The molecular formula is C13H22N2OS. The van der Waals surface area contributed by atoms with E-state index in [-0.39, 0.29) is 5.25 Å². The molecule has 1 amide bonds. The second-order valence-electron chi connectivity index (χ2n) is 5.56. The number of carbonyl (C=O) groups is 1. The maximum absolute atomic E-state index is 12.4. The van der Waals surface area contributed by atoms with Crippen molar-refractivity contribution in [3.05, 3.63) is 0 Å². The predicted octanol–water partition coefficient (Wildman–Crippen LogP) is 1.48. The summed E-state index contributed by atoms with van der Waals surface area (Å²) in [6.07, 6.45) is 6.22. The summed E-state index contributed by atoms with van der Waals surface area (Å²) in [5, 5.41) is 3.84. The van der Waals surface area contributed by atoms with Crippen molar-refractivity contribution in [1.29, 1.82) is 0 Å². The molecule has 1 N–H and O–H groups in total. The fraction of sp³-hybridized carbons (Fsp3) is 0.923. The third kappa shape index (κ3) is 2.48. The van der Waals surface area contributed by atoms with Gasteiger partial charge in [-0.15, -0.1) is 11.8 Å². The van der Waals surface area contributed by atoms with Gasteiger partial charge >= 0.3 is 0 Å². The van der Waals surface area contributed by atoms with Crippen LogP contribution in [0.3, 0.4) is 0 Å². The fourth-order valence-electron chi connectivity index (χ4n) is 3.37. The monoisotopic (exact) mass is 254 g/mol. The molecule has 0 spiro atoms. The van der Waals surface area contributed by atoms with Crippen LogP contribution in [0.25, 0.3) is 0 Å². The van der Waals surface area contributed by atoms with Crippen molar-refractivity contribution in [3.8, 4) is 0 Å². The molecule has 3 aliphatic rings. The van der Waals surface area contributed by atoms with Crippen LogP contribution in [0.1, 0.15) is 32.1 Å². The van der Waals surface area contributed by atoms with Gasteiger partial charge in [0.1, 0.15) is 0 Å². The third-order valence-corrected chi connectivity index (χ3v) is 5.73. The highest BCUT2D eigenvalue weighted by Gasteiger charge is 2.38. The minimum absolute atomic E-state index is 0.268. The number of fused-ring (bicyclic) bond motifs is 1. The Labute approximate surface area is 108 Å². The van der Waals surface area contributed by atoms with Crippen LogP contribution in [-0.2, 0) is 4.79 Å². The number of piperidine rings is 1. The SMILES string of the molecule is O=C(C1CCCCS1)N1CC2CCCNC2C1. The molecular weight excluding hydrogens is 232 g/mol. The van der Waals surface area contributed by atoms with Crippen LogP contribution in [0.15, 0.2) is 0 Å². The molecule has 3 rings (SSSR count). The Morgan fingerprint density at radius 2 is 2.12 bits per heavy atom. The van der Waals surface area contributed by atoms with E-state index in [0.29, 0.717) is 11.9 Å². The topological polar surface area (TPSA) is 32.3 Å². The van der Waals surface area contributed by atoms with Gasteiger partial charge in [-0.05, 0) is 43.9 Å². The van der Waals surface area contributed by atoms with Crippen molar-refractivity contribution in [2.24, 2.45) is 5.92 Å². The van der Waals surface area contributed by atoms with Crippen molar-refractivity contribution < 1.29 is 4.79 Å². The van der Waals surface area contributed by atoms with E-state index in [1.165, 1.54) is 31.4 Å². The second-order valence-corrected chi connectivity index (χ2v) is 6.87. The summed E-state index contributed by atoms with van der Waals surface area (Å²) in [7, 11) is 0. The third-order valence-electron chi connectivity index (χ3n) is 4.37. The van der Waals surface area contributed by atoms with E-state index in [1.807, 2.05) is 11.8 Å². The maximum atomic E-state index is 12.4. The predicted molar refractivity (Wildman–Crippen MR) is 71.2 cm³/mol. The summed E-state index contributed by atoms with van der Waals surface area (Å²) in [4.78, 5) is 14.6. The molecule has 0 aromatic heterocycles. The molecule has 0 bridgehead atoms. The molecule has 3 saturated heterocycles. The number of thioether (sulfide) groups is 1. The lowest BCUT2D eigenvalue weighted by atomic mass is 9.94. The summed E-state index contributed by atoms with van der Waals surface area (Å²) in [6.45, 7) is 3.11. The van der Waals surface area contributed by atoms with Crippen LogP contribution >= 0.6 is 11.8 Å². The van der Waals surface area contributed by atoms with E-state index >= 15 is 0 Å². The van der Waals surface area contributed by atoms with Crippen LogP contribution in [0.5, 0.6) is 0 Å². The summed E-state index contributed by atoms with van der Waals surface area (Å²) in [6, 6.07) is 0.585. The lowest BCUT2D eigenvalue weighted by molar-refractivity contribution is -0.129. The first kappa shape index (κ1) is 11.8. The molecule has 96 valence electrons. The molecule has 4 heteroatoms. The van der Waals surface area contributed by atoms with Gasteiger partial charge in [-0.2, -0.15) is 0 Å². The van der Waals surface area contributed by atoms with Crippen LogP contribution in [0.2, 0.25) is 0 Å². The average Bonchev–Trinajstić information content (AvgIpc) is 2.82. The van der Waals surface area contributed by atoms with Crippen LogP contribution < -0.4 is 5.32 Å². The van der Waals surface area contributed by atoms with Crippen molar-refractivity contribution >= 4 is 17.7 Å². The van der Waals surface area contributed by atoms with E-state index in [9.17, 15) is 4.79 Å². The molecule has 3 nitrogen and oxygen atoms in total. The highest BCUT2D eigenvalue weighted by atomic mass is 32.2. The zero-order valence-electron chi connectivity index (χ0n) is 10.4. The lowest BCUT2D eigenvalue weighted by Gasteiger charge is -2.25. The van der Waals surface area contributed by atoms with E-state index in [0.717, 1.165) is 32.0 Å². The average molecular weight is 254 g/mol. The van der Waals surface area contributed by atoms with Gasteiger partial charge in [0.05, 0.1) is 5.25 Å². The van der Waals surface area contributed by atoms with Crippen molar-refractivity contribution in [3.63, 3.8) is 0 Å². The van der Waals surface area contributed by atoms with E-state index in [1.54, 1.807) is 0 Å². The Morgan fingerprint density at radius 1 is 1.18 bits per heavy atom. The Morgan fingerprint density at radius 3 is 2.88 bits per heavy atom. The molecule has 0 saturated carbocycles. The Balaban J connectivity index is 1.59. The quantitative estimate of drug-likeness (QED) is 0.769. The van der Waals surface area contributed by atoms with Gasteiger partial charge in [0.25, 0.3) is 0 Å². The van der Waals surface area contributed by atoms with Crippen molar-refractivity contribution in [1.82, 2.24) is 10.2 Å². The summed E-state index contributed by atoms with van der Waals surface area (Å²) < 4.78 is 0. The molecule has 3 atom stereocenters. The first-order chi connectivity index (χ1) is 8.34. The highest BCUT2D eigenvalue weighted by Crippen LogP contribution is 2.30. The Bertz CT molecular complexity index is 277. The standard InChI is InChI=1S/C13H22N2OS/c16-13(12-5-1-2-7-17-12)15-8-10-4-3-6-14-11(10)9-15/h10-12,14H,1-9H2. The number of nitrogens with zero attached hydrogens (tertiary/aromatic N) is 1. The molecule has 0 aliphatic carbocycles. The van der Waals surface area contributed by atoms with E-state index < -0.39 is 0 Å². The number of carbonyl (C=O) groups excluding carboxylic acids is 1.